The molecular weight excluding hydrogens is 155 g/mol. The molecule has 0 bridgehead atoms. The molecule has 0 aliphatic heterocycles. The van der Waals surface area contributed by atoms with E-state index >= 15 is 0 Å². The summed E-state index contributed by atoms with van der Waals surface area (Å²) >= 11 is 11.0. The van der Waals surface area contributed by atoms with Crippen LogP contribution in [0.5, 0.6) is 0 Å². The summed E-state index contributed by atoms with van der Waals surface area (Å²) in [6.07, 6.45) is 0. The maximum atomic E-state index is 5.59. The third kappa shape index (κ3) is 5.23. The van der Waals surface area contributed by atoms with Crippen molar-refractivity contribution < 1.29 is 0 Å². The van der Waals surface area contributed by atoms with Gasteiger partial charge in [-0.25, -0.2) is 0 Å². The molecule has 0 rings (SSSR count). The van der Waals surface area contributed by atoms with E-state index in [9.17, 15) is 0 Å². The van der Waals surface area contributed by atoms with Crippen molar-refractivity contribution >= 4 is 47.4 Å². The van der Waals surface area contributed by atoms with Gasteiger partial charge in [0, 0.05) is 9.76 Å². The first-order chi connectivity index (χ1) is 2.27. The van der Waals surface area contributed by atoms with Crippen LogP contribution in [0.25, 0.3) is 0 Å². The van der Waals surface area contributed by atoms with Crippen LogP contribution >= 0.6 is 22.2 Å². The number of rotatable bonds is 1. The lowest BCUT2D eigenvalue weighted by atomic mass is 26.6. The second-order valence-electron chi connectivity index (χ2n) is 0.935. The maximum Gasteiger partial charge on any atom is 0.128 e. The zero-order valence-corrected chi connectivity index (χ0v) is 9.12. The molecule has 0 aromatic heterocycles. The third-order valence-electron chi connectivity index (χ3n) is 0.213. The fraction of sp³-hybridized carbons (Fsp3) is 0. The van der Waals surface area contributed by atoms with Crippen LogP contribution in [0.2, 0.25) is 0 Å². The second-order valence-corrected chi connectivity index (χ2v) is 25.2. The van der Waals surface area contributed by atoms with Gasteiger partial charge in [-0.15, -0.1) is 0 Å². The molecule has 0 aromatic carbocycles. The predicted octanol–water partition coefficient (Wildman–Crippen LogP) is -1.37. The number of hydrogen-bond donors (Lipinski definition) is 0. The predicted molar refractivity (Wildman–Crippen MR) is 37.3 cm³/mol. The molecule has 0 N–H and O–H groups in total. The Bertz CT molecular complexity index is 18.9. The van der Waals surface area contributed by atoms with Gasteiger partial charge in [-0.2, -0.15) is 22.2 Å². The van der Waals surface area contributed by atoms with Crippen molar-refractivity contribution in [2.45, 2.75) is 0 Å². The fourth-order valence-electron chi connectivity index (χ4n) is 0. The first-order valence-corrected chi connectivity index (χ1v) is 13.2. The quantitative estimate of drug-likeness (QED) is 0.329. The molecule has 0 saturated carbocycles. The van der Waals surface area contributed by atoms with E-state index in [-0.39, 0.29) is 8.35 Å². The molecule has 5 heteroatoms. The molecule has 0 fully saturated rings. The minimum Gasteiger partial charge on any atom is -0.179 e. The van der Waals surface area contributed by atoms with Gasteiger partial charge in [0.15, 0.2) is 0 Å². The highest BCUT2D eigenvalue weighted by atomic mass is 35.6. The molecule has 0 aliphatic rings. The Balaban J connectivity index is 2.54. The molecule has 0 amide bonds. The van der Waals surface area contributed by atoms with Gasteiger partial charge < -0.3 is 0 Å². The van der Waals surface area contributed by atoms with Gasteiger partial charge in [0.2, 0.25) is 0 Å². The van der Waals surface area contributed by atoms with Crippen molar-refractivity contribution in [2.75, 3.05) is 0 Å². The van der Waals surface area contributed by atoms with E-state index in [0.717, 1.165) is 0 Å². The van der Waals surface area contributed by atoms with Gasteiger partial charge in [0.1, 0.15) is 15.5 Å². The molecule has 0 heterocycles. The van der Waals surface area contributed by atoms with Crippen molar-refractivity contribution in [3.63, 3.8) is 0 Å². The Labute approximate surface area is 47.7 Å². The summed E-state index contributed by atoms with van der Waals surface area (Å²) < 4.78 is 0. The molecule has 0 saturated heterocycles. The summed E-state index contributed by atoms with van der Waals surface area (Å²) in [5.74, 6) is 0. The first-order valence-electron chi connectivity index (χ1n) is 1.47. The zero-order chi connectivity index (χ0) is 4.28. The highest BCUT2D eigenvalue weighted by Gasteiger charge is 1.91. The van der Waals surface area contributed by atoms with Gasteiger partial charge in [-0.05, 0) is 0 Å². The van der Waals surface area contributed by atoms with E-state index in [1.165, 1.54) is 9.76 Å². The van der Waals surface area contributed by atoms with Crippen LogP contribution in [0.4, 0.5) is 0 Å². The van der Waals surface area contributed by atoms with Crippen molar-refractivity contribution in [1.29, 1.82) is 0 Å². The highest BCUT2D eigenvalue weighted by molar-refractivity contribution is 7.62. The molecular formula is H6Cl2Si3. The molecule has 0 spiro atoms. The summed E-state index contributed by atoms with van der Waals surface area (Å²) in [4.78, 5) is 0. The lowest BCUT2D eigenvalue weighted by Crippen LogP contribution is -2.08. The van der Waals surface area contributed by atoms with Crippen LogP contribution in [-0.4, -0.2) is 25.2 Å². The van der Waals surface area contributed by atoms with Crippen LogP contribution in [-0.2, 0) is 0 Å². The minimum absolute atomic E-state index is 0.213. The summed E-state index contributed by atoms with van der Waals surface area (Å²) in [5.41, 5.74) is 0. The summed E-state index contributed by atoms with van der Waals surface area (Å²) in [6, 6.07) is 0. The van der Waals surface area contributed by atoms with Crippen LogP contribution in [0.3, 0.4) is 0 Å². The minimum atomic E-state index is -0.634. The Hall–Kier alpha value is 1.23. The van der Waals surface area contributed by atoms with Gasteiger partial charge in [-0.3, -0.25) is 0 Å². The van der Waals surface area contributed by atoms with E-state index in [1.54, 1.807) is 0 Å². The summed E-state index contributed by atoms with van der Waals surface area (Å²) in [6.45, 7) is 0. The van der Waals surface area contributed by atoms with Gasteiger partial charge in [-0.1, -0.05) is 0 Å². The monoisotopic (exact) mass is 160 g/mol. The van der Waals surface area contributed by atoms with E-state index in [0.29, 0.717) is 0 Å². The average Bonchev–Trinajstić information content (AvgIpc) is 1.38. The molecule has 0 aromatic rings. The molecule has 0 nitrogen and oxygen atoms in total. The van der Waals surface area contributed by atoms with Crippen molar-refractivity contribution in [3.8, 4) is 0 Å². The zero-order valence-electron chi connectivity index (χ0n) is 3.04. The molecule has 0 aliphatic carbocycles. The van der Waals surface area contributed by atoms with E-state index in [1.807, 2.05) is 0 Å². The maximum absolute atomic E-state index is 5.59. The molecule has 1 unspecified atom stereocenters. The van der Waals surface area contributed by atoms with Crippen LogP contribution in [0.1, 0.15) is 0 Å². The Morgan fingerprint density at radius 1 is 1.80 bits per heavy atom. The second kappa shape index (κ2) is 3.42. The van der Waals surface area contributed by atoms with Crippen LogP contribution < -0.4 is 0 Å². The van der Waals surface area contributed by atoms with E-state index in [2.05, 4.69) is 0 Å². The Morgan fingerprint density at radius 3 is 2.00 bits per heavy atom. The van der Waals surface area contributed by atoms with E-state index < -0.39 is 7.14 Å². The van der Waals surface area contributed by atoms with Gasteiger partial charge >= 0.3 is 0 Å². The molecule has 5 heavy (non-hydrogen) atoms. The topological polar surface area (TPSA) is 0 Å². The molecule has 1 atom stereocenters. The van der Waals surface area contributed by atoms with Crippen molar-refractivity contribution in [2.24, 2.45) is 0 Å². The number of hydrogen-bond acceptors (Lipinski definition) is 0. The van der Waals surface area contributed by atoms with Gasteiger partial charge in [0.05, 0.1) is 0 Å². The lowest BCUT2D eigenvalue weighted by Gasteiger charge is -1.80. The third-order valence-corrected chi connectivity index (χ3v) is 17.2. The summed E-state index contributed by atoms with van der Waals surface area (Å²) in [7, 11) is 0.356. The van der Waals surface area contributed by atoms with E-state index in [4.69, 9.17) is 22.2 Å². The Kier molecular flexibility index (Phi) is 4.26. The van der Waals surface area contributed by atoms with Crippen molar-refractivity contribution in [1.82, 2.24) is 0 Å². The molecule has 0 radical (unpaired) electrons. The normalized spacial score (nSPS) is 18.0. The summed E-state index contributed by atoms with van der Waals surface area (Å²) in [5, 5.41) is 0. The number of halogens is 2. The van der Waals surface area contributed by atoms with Crippen LogP contribution in [0.15, 0.2) is 0 Å². The standard InChI is InChI=1S/Cl2H6Si3/c1-4-5(2)3/h5H,4H2,3H3. The first kappa shape index (κ1) is 6.23. The Morgan fingerprint density at radius 2 is 2.00 bits per heavy atom. The van der Waals surface area contributed by atoms with Crippen LogP contribution in [0, 0.1) is 0 Å². The highest BCUT2D eigenvalue weighted by Crippen LogP contribution is 1.79. The smallest absolute Gasteiger partial charge is 0.128 e. The largest absolute Gasteiger partial charge is 0.179 e. The van der Waals surface area contributed by atoms with Gasteiger partial charge in [0.25, 0.3) is 0 Å². The fourth-order valence-corrected chi connectivity index (χ4v) is 0. The average molecular weight is 161 g/mol. The van der Waals surface area contributed by atoms with Crippen molar-refractivity contribution in [3.05, 3.63) is 0 Å². The lowest BCUT2D eigenvalue weighted by molar-refractivity contribution is 3.93. The SMILES string of the molecule is [SiH3][SiH](Cl)[SiH2]Cl. The molecule has 32 valence electrons.